The van der Waals surface area contributed by atoms with E-state index in [1.807, 2.05) is 20.8 Å². The molecule has 0 bridgehead atoms. The third kappa shape index (κ3) is 9.15. The predicted octanol–water partition coefficient (Wildman–Crippen LogP) is 0.971. The molecule has 0 spiro atoms. The van der Waals surface area contributed by atoms with E-state index < -0.39 is 18.6 Å². The van der Waals surface area contributed by atoms with Gasteiger partial charge in [-0.1, -0.05) is 0 Å². The van der Waals surface area contributed by atoms with Gasteiger partial charge in [0.15, 0.2) is 5.96 Å². The van der Waals surface area contributed by atoms with Crippen molar-refractivity contribution in [1.29, 1.82) is 0 Å². The minimum absolute atomic E-state index is 0.248. The van der Waals surface area contributed by atoms with Gasteiger partial charge in [0.2, 0.25) is 5.91 Å². The molecule has 8 heteroatoms. The summed E-state index contributed by atoms with van der Waals surface area (Å²) in [6, 6.07) is 0. The third-order valence-corrected chi connectivity index (χ3v) is 1.97. The number of aliphatic imine (C=N–C) groups is 1. The molecular formula is C11H21F3N4O. The summed E-state index contributed by atoms with van der Waals surface area (Å²) in [4.78, 5) is 16.0. The van der Waals surface area contributed by atoms with E-state index in [-0.39, 0.29) is 12.1 Å². The molecule has 0 aliphatic carbocycles. The van der Waals surface area contributed by atoms with Crippen molar-refractivity contribution in [2.75, 3.05) is 27.2 Å². The maximum Gasteiger partial charge on any atom is 0.406 e. The number of hydrogen-bond donors (Lipinski definition) is 2. The fourth-order valence-corrected chi connectivity index (χ4v) is 1.19. The van der Waals surface area contributed by atoms with E-state index in [9.17, 15) is 18.0 Å². The van der Waals surface area contributed by atoms with Gasteiger partial charge in [0.25, 0.3) is 0 Å². The number of alkyl halides is 3. The third-order valence-electron chi connectivity index (χ3n) is 1.97. The van der Waals surface area contributed by atoms with E-state index in [0.29, 0.717) is 10.9 Å². The van der Waals surface area contributed by atoms with Crippen LogP contribution in [0.15, 0.2) is 4.99 Å². The van der Waals surface area contributed by atoms with Crippen molar-refractivity contribution in [3.63, 3.8) is 0 Å². The molecule has 2 N–H and O–H groups in total. The highest BCUT2D eigenvalue weighted by atomic mass is 19.4. The van der Waals surface area contributed by atoms with Crippen LogP contribution in [0.4, 0.5) is 13.2 Å². The van der Waals surface area contributed by atoms with E-state index in [1.165, 1.54) is 7.05 Å². The lowest BCUT2D eigenvalue weighted by atomic mass is 10.1. The molecule has 0 aromatic heterocycles. The standard InChI is InChI=1S/C11H21F3N4O/c1-10(2,3)17-9(15-4)16-6-8(19)18(5)7-11(12,13)14/h6-7H2,1-5H3,(H2,15,16,17). The van der Waals surface area contributed by atoms with Crippen LogP contribution in [0.25, 0.3) is 0 Å². The van der Waals surface area contributed by atoms with Crippen LogP contribution in [0.5, 0.6) is 0 Å². The molecule has 5 nitrogen and oxygen atoms in total. The van der Waals surface area contributed by atoms with E-state index in [0.717, 1.165) is 7.05 Å². The van der Waals surface area contributed by atoms with Gasteiger partial charge < -0.3 is 15.5 Å². The molecule has 0 aromatic carbocycles. The molecule has 19 heavy (non-hydrogen) atoms. The summed E-state index contributed by atoms with van der Waals surface area (Å²) >= 11 is 0. The van der Waals surface area contributed by atoms with Gasteiger partial charge in [-0.3, -0.25) is 9.79 Å². The number of hydrogen-bond acceptors (Lipinski definition) is 2. The molecule has 0 aliphatic rings. The molecule has 0 heterocycles. The Kier molecular flexibility index (Phi) is 6.11. The topological polar surface area (TPSA) is 56.7 Å². The van der Waals surface area contributed by atoms with Crippen LogP contribution in [-0.2, 0) is 4.79 Å². The SMILES string of the molecule is CN=C(NCC(=O)N(C)CC(F)(F)F)NC(C)(C)C. The fourth-order valence-electron chi connectivity index (χ4n) is 1.19. The second-order valence-corrected chi connectivity index (χ2v) is 5.17. The Morgan fingerprint density at radius 3 is 2.16 bits per heavy atom. The lowest BCUT2D eigenvalue weighted by Gasteiger charge is -2.24. The second-order valence-electron chi connectivity index (χ2n) is 5.17. The van der Waals surface area contributed by atoms with Gasteiger partial charge in [-0.25, -0.2) is 0 Å². The van der Waals surface area contributed by atoms with Crippen molar-refractivity contribution >= 4 is 11.9 Å². The smallest absolute Gasteiger partial charge is 0.352 e. The molecule has 0 unspecified atom stereocenters. The Morgan fingerprint density at radius 2 is 1.79 bits per heavy atom. The lowest BCUT2D eigenvalue weighted by Crippen LogP contribution is -2.50. The number of nitrogens with zero attached hydrogens (tertiary/aromatic N) is 2. The van der Waals surface area contributed by atoms with E-state index in [1.54, 1.807) is 0 Å². The summed E-state index contributed by atoms with van der Waals surface area (Å²) in [5.74, 6) is -0.296. The molecule has 0 rings (SSSR count). The number of rotatable bonds is 3. The van der Waals surface area contributed by atoms with Gasteiger partial charge in [-0.15, -0.1) is 0 Å². The minimum atomic E-state index is -4.39. The van der Waals surface area contributed by atoms with Crippen molar-refractivity contribution in [1.82, 2.24) is 15.5 Å². The van der Waals surface area contributed by atoms with Crippen molar-refractivity contribution in [2.45, 2.75) is 32.5 Å². The maximum atomic E-state index is 12.1. The summed E-state index contributed by atoms with van der Waals surface area (Å²) in [5.41, 5.74) is -0.261. The number of nitrogens with one attached hydrogen (secondary N) is 2. The zero-order valence-corrected chi connectivity index (χ0v) is 11.9. The molecule has 112 valence electrons. The van der Waals surface area contributed by atoms with Crippen LogP contribution in [0.2, 0.25) is 0 Å². The summed E-state index contributed by atoms with van der Waals surface area (Å²) in [5, 5.41) is 5.67. The highest BCUT2D eigenvalue weighted by Gasteiger charge is 2.31. The molecule has 0 saturated carbocycles. The van der Waals surface area contributed by atoms with Crippen molar-refractivity contribution in [3.05, 3.63) is 0 Å². The van der Waals surface area contributed by atoms with Gasteiger partial charge in [-0.2, -0.15) is 13.2 Å². The summed E-state index contributed by atoms with van der Waals surface area (Å²) in [7, 11) is 2.63. The Hall–Kier alpha value is -1.47. The number of carbonyl (C=O) groups excluding carboxylic acids is 1. The molecule has 0 atom stereocenters. The first-order valence-electron chi connectivity index (χ1n) is 5.74. The monoisotopic (exact) mass is 282 g/mol. The first-order chi connectivity index (χ1) is 8.44. The van der Waals surface area contributed by atoms with E-state index in [2.05, 4.69) is 15.6 Å². The first kappa shape index (κ1) is 17.5. The highest BCUT2D eigenvalue weighted by Crippen LogP contribution is 2.15. The van der Waals surface area contributed by atoms with E-state index >= 15 is 0 Å². The zero-order chi connectivity index (χ0) is 15.3. The largest absolute Gasteiger partial charge is 0.406 e. The second kappa shape index (κ2) is 6.63. The Bertz CT molecular complexity index is 334. The summed E-state index contributed by atoms with van der Waals surface area (Å²) in [6.45, 7) is 4.19. The Labute approximate surface area is 111 Å². The van der Waals surface area contributed by atoms with Gasteiger partial charge in [0, 0.05) is 19.6 Å². The molecule has 0 radical (unpaired) electrons. The average Bonchev–Trinajstić information content (AvgIpc) is 2.19. The number of carbonyl (C=O) groups is 1. The van der Waals surface area contributed by atoms with Crippen molar-refractivity contribution in [3.8, 4) is 0 Å². The van der Waals surface area contributed by atoms with Crippen molar-refractivity contribution < 1.29 is 18.0 Å². The van der Waals surface area contributed by atoms with Crippen LogP contribution in [0.1, 0.15) is 20.8 Å². The van der Waals surface area contributed by atoms with E-state index in [4.69, 9.17) is 0 Å². The predicted molar refractivity (Wildman–Crippen MR) is 67.9 cm³/mol. The molecule has 0 saturated heterocycles. The molecule has 0 aromatic rings. The molecule has 0 fully saturated rings. The normalized spacial score (nSPS) is 13.2. The summed E-state index contributed by atoms with van der Waals surface area (Å²) < 4.78 is 36.3. The lowest BCUT2D eigenvalue weighted by molar-refractivity contribution is -0.157. The Morgan fingerprint density at radius 1 is 1.26 bits per heavy atom. The quantitative estimate of drug-likeness (QED) is 0.599. The van der Waals surface area contributed by atoms with Crippen LogP contribution in [0.3, 0.4) is 0 Å². The summed E-state index contributed by atoms with van der Waals surface area (Å²) in [6.07, 6.45) is -4.39. The van der Waals surface area contributed by atoms with Gasteiger partial charge in [0.1, 0.15) is 6.54 Å². The van der Waals surface area contributed by atoms with Gasteiger partial charge >= 0.3 is 6.18 Å². The van der Waals surface area contributed by atoms with Crippen LogP contribution >= 0.6 is 0 Å². The molecule has 1 amide bonds. The van der Waals surface area contributed by atoms with Crippen molar-refractivity contribution in [2.24, 2.45) is 4.99 Å². The Balaban J connectivity index is 4.28. The number of guanidine groups is 1. The van der Waals surface area contributed by atoms with Gasteiger partial charge in [0.05, 0.1) is 6.54 Å². The average molecular weight is 282 g/mol. The van der Waals surface area contributed by atoms with Crippen LogP contribution in [0, 0.1) is 0 Å². The van der Waals surface area contributed by atoms with Crippen LogP contribution in [-0.4, -0.2) is 55.7 Å². The van der Waals surface area contributed by atoms with Crippen LogP contribution < -0.4 is 10.6 Å². The number of halogens is 3. The molecule has 0 aliphatic heterocycles. The first-order valence-corrected chi connectivity index (χ1v) is 5.74. The van der Waals surface area contributed by atoms with Gasteiger partial charge in [-0.05, 0) is 20.8 Å². The maximum absolute atomic E-state index is 12.1. The number of likely N-dealkylation sites (N-methyl/N-ethyl adjacent to an activating group) is 1. The fraction of sp³-hybridized carbons (Fsp3) is 0.818. The number of amides is 1. The highest BCUT2D eigenvalue weighted by molar-refractivity contribution is 5.86. The zero-order valence-electron chi connectivity index (χ0n) is 11.9. The molecular weight excluding hydrogens is 261 g/mol. The minimum Gasteiger partial charge on any atom is -0.352 e.